The molecule has 132 valence electrons. The van der Waals surface area contributed by atoms with Crippen LogP contribution in [-0.4, -0.2) is 61.2 Å². The number of amides is 1. The number of fused-ring (bicyclic) bond motifs is 1. The second-order valence-corrected chi connectivity index (χ2v) is 6.85. The molecule has 0 spiro atoms. The Kier molecular flexibility index (Phi) is 5.27. The Morgan fingerprint density at radius 1 is 1.25 bits per heavy atom. The average Bonchev–Trinajstić information content (AvgIpc) is 3.17. The van der Waals surface area contributed by atoms with Crippen molar-refractivity contribution >= 4 is 24.1 Å². The van der Waals surface area contributed by atoms with Gasteiger partial charge in [-0.15, -0.1) is 12.4 Å². The lowest BCUT2D eigenvalue weighted by Crippen LogP contribution is -2.39. The number of likely N-dealkylation sites (tertiary alicyclic amines) is 1. The van der Waals surface area contributed by atoms with Gasteiger partial charge in [0.2, 0.25) is 0 Å². The minimum atomic E-state index is 0. The molecule has 6 nitrogen and oxygen atoms in total. The highest BCUT2D eigenvalue weighted by molar-refractivity contribution is 5.99. The van der Waals surface area contributed by atoms with Crippen molar-refractivity contribution < 1.29 is 9.53 Å². The van der Waals surface area contributed by atoms with Crippen molar-refractivity contribution in [2.45, 2.75) is 18.9 Å². The summed E-state index contributed by atoms with van der Waals surface area (Å²) in [6, 6.07) is 4.00. The topological polar surface area (TPSA) is 71.7 Å². The number of pyridine rings is 1. The molecule has 3 aliphatic rings. The van der Waals surface area contributed by atoms with E-state index in [4.69, 9.17) is 10.5 Å². The summed E-state index contributed by atoms with van der Waals surface area (Å²) in [5.41, 5.74) is 6.91. The monoisotopic (exact) mass is 352 g/mol. The Morgan fingerprint density at radius 2 is 2.04 bits per heavy atom. The molecule has 3 atom stereocenters. The van der Waals surface area contributed by atoms with E-state index in [1.165, 1.54) is 0 Å². The fourth-order valence-electron chi connectivity index (χ4n) is 4.23. The Balaban J connectivity index is 0.00000169. The van der Waals surface area contributed by atoms with Crippen LogP contribution in [0.15, 0.2) is 18.3 Å². The van der Waals surface area contributed by atoms with Crippen molar-refractivity contribution in [2.75, 3.05) is 44.3 Å². The average molecular weight is 353 g/mol. The van der Waals surface area contributed by atoms with Crippen LogP contribution in [0.4, 0.5) is 5.82 Å². The Morgan fingerprint density at radius 3 is 2.79 bits per heavy atom. The van der Waals surface area contributed by atoms with E-state index in [9.17, 15) is 4.79 Å². The highest BCUT2D eigenvalue weighted by Gasteiger charge is 2.43. The third kappa shape index (κ3) is 3.10. The van der Waals surface area contributed by atoms with Gasteiger partial charge in [-0.1, -0.05) is 0 Å². The lowest BCUT2D eigenvalue weighted by Gasteiger charge is -2.30. The molecule has 1 aromatic rings. The zero-order valence-corrected chi connectivity index (χ0v) is 14.6. The summed E-state index contributed by atoms with van der Waals surface area (Å²) in [6.07, 6.45) is 4.01. The van der Waals surface area contributed by atoms with Crippen LogP contribution in [0.5, 0.6) is 0 Å². The molecule has 0 bridgehead atoms. The molecule has 2 aliphatic heterocycles. The third-order valence-electron chi connectivity index (χ3n) is 5.53. The number of carbonyl (C=O) groups is 1. The van der Waals surface area contributed by atoms with Gasteiger partial charge in [0.1, 0.15) is 5.82 Å². The number of hydrogen-bond donors (Lipinski definition) is 1. The van der Waals surface area contributed by atoms with Crippen molar-refractivity contribution in [1.29, 1.82) is 0 Å². The van der Waals surface area contributed by atoms with Crippen molar-refractivity contribution in [3.63, 3.8) is 0 Å². The van der Waals surface area contributed by atoms with Crippen molar-refractivity contribution in [3.8, 4) is 0 Å². The van der Waals surface area contributed by atoms with Crippen LogP contribution in [0.3, 0.4) is 0 Å². The minimum Gasteiger partial charge on any atom is -0.378 e. The Hall–Kier alpha value is -1.37. The molecule has 2 saturated heterocycles. The molecule has 3 unspecified atom stereocenters. The van der Waals surface area contributed by atoms with Gasteiger partial charge in [0, 0.05) is 38.4 Å². The first-order chi connectivity index (χ1) is 11.2. The van der Waals surface area contributed by atoms with Gasteiger partial charge in [0.25, 0.3) is 5.91 Å². The first kappa shape index (κ1) is 17.5. The summed E-state index contributed by atoms with van der Waals surface area (Å²) in [6.45, 7) is 4.58. The first-order valence-corrected chi connectivity index (χ1v) is 8.56. The number of nitrogens with two attached hydrogens (primary N) is 1. The van der Waals surface area contributed by atoms with Gasteiger partial charge in [-0.2, -0.15) is 0 Å². The molecular weight excluding hydrogens is 328 g/mol. The third-order valence-corrected chi connectivity index (χ3v) is 5.53. The van der Waals surface area contributed by atoms with Crippen LogP contribution < -0.4 is 10.6 Å². The van der Waals surface area contributed by atoms with Gasteiger partial charge >= 0.3 is 0 Å². The maximum Gasteiger partial charge on any atom is 0.257 e. The van der Waals surface area contributed by atoms with Crippen molar-refractivity contribution in [2.24, 2.45) is 17.6 Å². The highest BCUT2D eigenvalue weighted by Crippen LogP contribution is 2.38. The second-order valence-electron chi connectivity index (χ2n) is 6.85. The summed E-state index contributed by atoms with van der Waals surface area (Å²) < 4.78 is 5.40. The zero-order valence-electron chi connectivity index (χ0n) is 13.8. The van der Waals surface area contributed by atoms with E-state index in [0.29, 0.717) is 30.6 Å². The van der Waals surface area contributed by atoms with E-state index < -0.39 is 0 Å². The molecule has 0 aromatic carbocycles. The summed E-state index contributed by atoms with van der Waals surface area (Å²) in [7, 11) is 0. The molecular formula is C17H25ClN4O2. The second kappa shape index (κ2) is 7.25. The van der Waals surface area contributed by atoms with E-state index in [1.54, 1.807) is 6.20 Å². The fourth-order valence-corrected chi connectivity index (χ4v) is 4.23. The standard InChI is InChI=1S/C17H24N4O2.ClH/c18-15-4-3-12-10-21(11-14(12)15)17(22)13-2-1-5-19-16(13)20-6-8-23-9-7-20;/h1-2,5,12,14-15H,3-4,6-11,18H2;1H. The molecule has 24 heavy (non-hydrogen) atoms. The zero-order chi connectivity index (χ0) is 15.8. The molecule has 1 aliphatic carbocycles. The Labute approximate surface area is 148 Å². The molecule has 3 fully saturated rings. The maximum atomic E-state index is 13.0. The predicted molar refractivity (Wildman–Crippen MR) is 94.6 cm³/mol. The van der Waals surface area contributed by atoms with E-state index in [2.05, 4.69) is 9.88 Å². The van der Waals surface area contributed by atoms with Crippen LogP contribution in [0.25, 0.3) is 0 Å². The van der Waals surface area contributed by atoms with Gasteiger partial charge in [-0.05, 0) is 36.8 Å². The fraction of sp³-hybridized carbons (Fsp3) is 0.647. The largest absolute Gasteiger partial charge is 0.378 e. The van der Waals surface area contributed by atoms with Crippen LogP contribution in [0.1, 0.15) is 23.2 Å². The first-order valence-electron chi connectivity index (χ1n) is 8.56. The molecule has 0 radical (unpaired) electrons. The van der Waals surface area contributed by atoms with Crippen LogP contribution in [0.2, 0.25) is 0 Å². The molecule has 1 aromatic heterocycles. The molecule has 3 heterocycles. The van der Waals surface area contributed by atoms with Crippen LogP contribution in [0, 0.1) is 11.8 Å². The van der Waals surface area contributed by atoms with Crippen molar-refractivity contribution in [3.05, 3.63) is 23.9 Å². The minimum absolute atomic E-state index is 0. The number of morpholine rings is 1. The number of halogens is 1. The maximum absolute atomic E-state index is 13.0. The molecule has 4 rings (SSSR count). The van der Waals surface area contributed by atoms with Crippen molar-refractivity contribution in [1.82, 2.24) is 9.88 Å². The normalized spacial score (nSPS) is 29.3. The van der Waals surface area contributed by atoms with Gasteiger partial charge in [0.15, 0.2) is 0 Å². The summed E-state index contributed by atoms with van der Waals surface area (Å²) in [5, 5.41) is 0. The Bertz CT molecular complexity index is 594. The van der Waals surface area contributed by atoms with E-state index in [0.717, 1.165) is 44.8 Å². The summed E-state index contributed by atoms with van der Waals surface area (Å²) in [4.78, 5) is 21.6. The number of carbonyl (C=O) groups excluding carboxylic acids is 1. The molecule has 2 N–H and O–H groups in total. The van der Waals surface area contributed by atoms with Gasteiger partial charge in [-0.25, -0.2) is 4.98 Å². The quantitative estimate of drug-likeness (QED) is 0.864. The van der Waals surface area contributed by atoms with Gasteiger partial charge < -0.3 is 20.3 Å². The van der Waals surface area contributed by atoms with Crippen LogP contribution >= 0.6 is 12.4 Å². The molecule has 1 saturated carbocycles. The number of anilines is 1. The predicted octanol–water partition coefficient (Wildman–Crippen LogP) is 1.15. The van der Waals surface area contributed by atoms with Gasteiger partial charge in [0.05, 0.1) is 18.8 Å². The highest BCUT2D eigenvalue weighted by atomic mass is 35.5. The lowest BCUT2D eigenvalue weighted by atomic mass is 9.98. The van der Waals surface area contributed by atoms with Crippen LogP contribution in [-0.2, 0) is 4.74 Å². The number of nitrogens with zero attached hydrogens (tertiary/aromatic N) is 3. The SMILES string of the molecule is Cl.NC1CCC2CN(C(=O)c3cccnc3N3CCOCC3)CC12. The summed E-state index contributed by atoms with van der Waals surface area (Å²) in [5.74, 6) is 1.95. The number of hydrogen-bond acceptors (Lipinski definition) is 5. The molecule has 1 amide bonds. The summed E-state index contributed by atoms with van der Waals surface area (Å²) >= 11 is 0. The van der Waals surface area contributed by atoms with E-state index in [1.807, 2.05) is 17.0 Å². The van der Waals surface area contributed by atoms with E-state index in [-0.39, 0.29) is 24.4 Å². The molecule has 7 heteroatoms. The van der Waals surface area contributed by atoms with E-state index >= 15 is 0 Å². The lowest BCUT2D eigenvalue weighted by molar-refractivity contribution is 0.0778. The number of rotatable bonds is 2. The van der Waals surface area contributed by atoms with Gasteiger partial charge in [-0.3, -0.25) is 4.79 Å². The number of ether oxygens (including phenoxy) is 1. The smallest absolute Gasteiger partial charge is 0.257 e. The number of aromatic nitrogens is 1.